The Morgan fingerprint density at radius 1 is 1.55 bits per heavy atom. The summed E-state index contributed by atoms with van der Waals surface area (Å²) in [5, 5.41) is 13.5. The van der Waals surface area contributed by atoms with Crippen molar-refractivity contribution in [1.29, 1.82) is 5.26 Å². The van der Waals surface area contributed by atoms with Crippen LogP contribution in [-0.4, -0.2) is 24.0 Å². The van der Waals surface area contributed by atoms with Gasteiger partial charge in [-0.05, 0) is 24.3 Å². The van der Waals surface area contributed by atoms with Crippen molar-refractivity contribution in [2.75, 3.05) is 6.61 Å². The van der Waals surface area contributed by atoms with E-state index in [1.807, 2.05) is 31.4 Å². The maximum atomic E-state index is 11.7. The summed E-state index contributed by atoms with van der Waals surface area (Å²) in [4.78, 5) is 24.1. The van der Waals surface area contributed by atoms with Crippen molar-refractivity contribution < 1.29 is 14.3 Å². The van der Waals surface area contributed by atoms with Gasteiger partial charge in [0.05, 0.1) is 12.5 Å². The number of hydrogen-bond acceptors (Lipinski definition) is 5. The van der Waals surface area contributed by atoms with Gasteiger partial charge in [-0.15, -0.1) is 11.3 Å². The largest absolute Gasteiger partial charge is 0.455 e. The second kappa shape index (κ2) is 7.06. The number of nitrogens with one attached hydrogen (secondary N) is 1. The summed E-state index contributed by atoms with van der Waals surface area (Å²) >= 11 is 1.46. The number of esters is 1. The highest BCUT2D eigenvalue weighted by molar-refractivity contribution is 7.10. The second-order valence-electron chi connectivity index (χ2n) is 4.93. The molecule has 0 fully saturated rings. The van der Waals surface area contributed by atoms with Crippen LogP contribution in [0.25, 0.3) is 0 Å². The molecule has 0 radical (unpaired) electrons. The predicted molar refractivity (Wildman–Crippen MR) is 76.0 cm³/mol. The number of hydrogen-bond donors (Lipinski definition) is 1. The van der Waals surface area contributed by atoms with Crippen molar-refractivity contribution in [2.45, 2.75) is 32.7 Å². The van der Waals surface area contributed by atoms with E-state index in [1.165, 1.54) is 11.3 Å². The number of nitriles is 1. The van der Waals surface area contributed by atoms with Gasteiger partial charge in [0.25, 0.3) is 5.91 Å². The molecule has 0 unspecified atom stereocenters. The highest BCUT2D eigenvalue weighted by Gasteiger charge is 2.30. The van der Waals surface area contributed by atoms with E-state index < -0.39 is 17.4 Å². The molecule has 0 saturated heterocycles. The normalized spacial score (nSPS) is 13.3. The molecule has 1 aromatic rings. The molecule has 1 aromatic heterocycles. The molecule has 0 saturated carbocycles. The standard InChI is InChI=1S/C14H18N2O3S/c1-10(2)14(3,9-15)16-12(17)8-19-13(18)7-11-5-4-6-20-11/h4-6,10H,7-8H2,1-3H3,(H,16,17)/t14-/m1/s1. The molecule has 20 heavy (non-hydrogen) atoms. The minimum absolute atomic E-state index is 0.0433. The molecule has 0 aliphatic heterocycles. The van der Waals surface area contributed by atoms with Crippen molar-refractivity contribution in [3.05, 3.63) is 22.4 Å². The van der Waals surface area contributed by atoms with Crippen LogP contribution in [0.1, 0.15) is 25.6 Å². The van der Waals surface area contributed by atoms with Gasteiger partial charge in [-0.2, -0.15) is 5.26 Å². The first-order valence-electron chi connectivity index (χ1n) is 6.27. The van der Waals surface area contributed by atoms with Crippen molar-refractivity contribution >= 4 is 23.2 Å². The molecule has 1 N–H and O–H groups in total. The van der Waals surface area contributed by atoms with E-state index in [1.54, 1.807) is 6.92 Å². The van der Waals surface area contributed by atoms with Gasteiger partial charge in [-0.25, -0.2) is 0 Å². The summed E-state index contributed by atoms with van der Waals surface area (Å²) in [5.41, 5.74) is -0.961. The zero-order chi connectivity index (χ0) is 15.2. The number of carbonyl (C=O) groups is 2. The Labute approximate surface area is 122 Å². The summed E-state index contributed by atoms with van der Waals surface area (Å²) in [6.07, 6.45) is 0.157. The van der Waals surface area contributed by atoms with Gasteiger partial charge in [-0.1, -0.05) is 19.9 Å². The maximum absolute atomic E-state index is 11.7. The molecular formula is C14H18N2O3S. The third kappa shape index (κ3) is 4.67. The molecule has 0 spiro atoms. The van der Waals surface area contributed by atoms with Crippen LogP contribution in [0.2, 0.25) is 0 Å². The van der Waals surface area contributed by atoms with Gasteiger partial charge in [0.1, 0.15) is 5.54 Å². The van der Waals surface area contributed by atoms with E-state index in [9.17, 15) is 9.59 Å². The average molecular weight is 294 g/mol. The van der Waals surface area contributed by atoms with Crippen molar-refractivity contribution in [3.8, 4) is 6.07 Å². The Kier molecular flexibility index (Phi) is 5.71. The quantitative estimate of drug-likeness (QED) is 0.813. The molecular weight excluding hydrogens is 276 g/mol. The first-order valence-corrected chi connectivity index (χ1v) is 7.15. The first kappa shape index (κ1) is 16.2. The van der Waals surface area contributed by atoms with E-state index in [4.69, 9.17) is 10.00 Å². The van der Waals surface area contributed by atoms with Crippen LogP contribution in [0.5, 0.6) is 0 Å². The van der Waals surface area contributed by atoms with Gasteiger partial charge in [0.15, 0.2) is 6.61 Å². The Morgan fingerprint density at radius 3 is 2.75 bits per heavy atom. The monoisotopic (exact) mass is 294 g/mol. The van der Waals surface area contributed by atoms with E-state index in [-0.39, 0.29) is 18.9 Å². The number of ether oxygens (including phenoxy) is 1. The Morgan fingerprint density at radius 2 is 2.25 bits per heavy atom. The van der Waals surface area contributed by atoms with E-state index in [0.29, 0.717) is 0 Å². The van der Waals surface area contributed by atoms with Crippen LogP contribution in [-0.2, 0) is 20.7 Å². The molecule has 1 atom stereocenters. The minimum atomic E-state index is -0.961. The fraction of sp³-hybridized carbons (Fsp3) is 0.500. The molecule has 0 aliphatic rings. The molecule has 0 bridgehead atoms. The molecule has 0 aliphatic carbocycles. The third-order valence-electron chi connectivity index (χ3n) is 3.05. The Bertz CT molecular complexity index is 505. The fourth-order valence-corrected chi connectivity index (χ4v) is 2.07. The number of rotatable bonds is 6. The number of amides is 1. The van der Waals surface area contributed by atoms with Gasteiger partial charge in [0, 0.05) is 4.88 Å². The zero-order valence-electron chi connectivity index (χ0n) is 11.8. The lowest BCUT2D eigenvalue weighted by Gasteiger charge is -2.27. The predicted octanol–water partition coefficient (Wildman–Crippen LogP) is 1.89. The SMILES string of the molecule is CC(C)[C@@](C)(C#N)NC(=O)COC(=O)Cc1cccs1. The van der Waals surface area contributed by atoms with E-state index in [0.717, 1.165) is 4.88 Å². The third-order valence-corrected chi connectivity index (χ3v) is 3.93. The Balaban J connectivity index is 2.40. The molecule has 1 rings (SSSR count). The topological polar surface area (TPSA) is 79.2 Å². The summed E-state index contributed by atoms with van der Waals surface area (Å²) in [7, 11) is 0. The number of nitrogens with zero attached hydrogens (tertiary/aromatic N) is 1. The summed E-state index contributed by atoms with van der Waals surface area (Å²) < 4.78 is 4.89. The van der Waals surface area contributed by atoms with Crippen LogP contribution in [0.15, 0.2) is 17.5 Å². The van der Waals surface area contributed by atoms with Crippen LogP contribution >= 0.6 is 11.3 Å². The van der Waals surface area contributed by atoms with Gasteiger partial charge >= 0.3 is 5.97 Å². The van der Waals surface area contributed by atoms with Crippen molar-refractivity contribution in [2.24, 2.45) is 5.92 Å². The molecule has 1 amide bonds. The number of thiophene rings is 1. The summed E-state index contributed by atoms with van der Waals surface area (Å²) in [6, 6.07) is 5.74. The Hall–Kier alpha value is -1.87. The lowest BCUT2D eigenvalue weighted by Crippen LogP contribution is -2.50. The van der Waals surface area contributed by atoms with Gasteiger partial charge in [0.2, 0.25) is 0 Å². The van der Waals surface area contributed by atoms with Gasteiger partial charge < -0.3 is 10.1 Å². The smallest absolute Gasteiger partial charge is 0.311 e. The summed E-state index contributed by atoms with van der Waals surface area (Å²) in [6.45, 7) is 4.95. The van der Waals surface area contributed by atoms with Crippen LogP contribution in [0.3, 0.4) is 0 Å². The second-order valence-corrected chi connectivity index (χ2v) is 5.97. The maximum Gasteiger partial charge on any atom is 0.311 e. The van der Waals surface area contributed by atoms with Crippen molar-refractivity contribution in [1.82, 2.24) is 5.32 Å². The lowest BCUT2D eigenvalue weighted by atomic mass is 9.90. The fourth-order valence-electron chi connectivity index (χ4n) is 1.38. The molecule has 0 aromatic carbocycles. The first-order chi connectivity index (χ1) is 9.37. The number of carbonyl (C=O) groups excluding carboxylic acids is 2. The average Bonchev–Trinajstić information content (AvgIpc) is 2.88. The zero-order valence-corrected chi connectivity index (χ0v) is 12.6. The lowest BCUT2D eigenvalue weighted by molar-refractivity contribution is -0.148. The molecule has 1 heterocycles. The van der Waals surface area contributed by atoms with Crippen molar-refractivity contribution in [3.63, 3.8) is 0 Å². The molecule has 5 nitrogen and oxygen atoms in total. The highest BCUT2D eigenvalue weighted by Crippen LogP contribution is 2.15. The van der Waals surface area contributed by atoms with Crippen LogP contribution < -0.4 is 5.32 Å². The van der Waals surface area contributed by atoms with E-state index in [2.05, 4.69) is 11.4 Å². The van der Waals surface area contributed by atoms with Crippen LogP contribution in [0.4, 0.5) is 0 Å². The minimum Gasteiger partial charge on any atom is -0.455 e. The van der Waals surface area contributed by atoms with Gasteiger partial charge in [-0.3, -0.25) is 9.59 Å². The molecule has 108 valence electrons. The summed E-state index contributed by atoms with van der Waals surface area (Å²) in [5.74, 6) is -0.966. The highest BCUT2D eigenvalue weighted by atomic mass is 32.1. The van der Waals surface area contributed by atoms with Crippen LogP contribution in [0, 0.1) is 17.2 Å². The van der Waals surface area contributed by atoms with E-state index >= 15 is 0 Å². The molecule has 6 heteroatoms.